The lowest BCUT2D eigenvalue weighted by atomic mass is 9.98. The molecule has 0 saturated carbocycles. The first kappa shape index (κ1) is 28.3. The minimum atomic E-state index is -1.00. The summed E-state index contributed by atoms with van der Waals surface area (Å²) in [6.45, 7) is 8.74. The number of hydrogen-bond acceptors (Lipinski definition) is 5. The van der Waals surface area contributed by atoms with Crippen LogP contribution in [0.15, 0.2) is 52.8 Å². The largest absolute Gasteiger partial charge is 0.481 e. The van der Waals surface area contributed by atoms with Crippen molar-refractivity contribution in [1.29, 1.82) is 0 Å². The Morgan fingerprint density at radius 3 is 2.38 bits per heavy atom. The first-order valence-electron chi connectivity index (χ1n) is 12.5. The highest BCUT2D eigenvalue weighted by atomic mass is 32.1. The Kier molecular flexibility index (Phi) is 9.45. The molecule has 2 N–H and O–H groups in total. The fourth-order valence-electron chi connectivity index (χ4n) is 4.61. The molecule has 0 saturated heterocycles. The molecule has 2 atom stereocenters. The van der Waals surface area contributed by atoms with E-state index in [1.54, 1.807) is 12.3 Å². The molecule has 37 heavy (non-hydrogen) atoms. The van der Waals surface area contributed by atoms with Crippen LogP contribution in [0.3, 0.4) is 0 Å². The number of rotatable bonds is 11. The predicted octanol–water partition coefficient (Wildman–Crippen LogP) is 5.17. The van der Waals surface area contributed by atoms with E-state index in [-0.39, 0.29) is 23.8 Å². The maximum absolute atomic E-state index is 13.6. The standard InChI is InChI=1S/C29H37N3O4S/c1-18(2)12-24(32-16-21(15-31(5)6)10-11-26(32)33)29(36)30-23(14-27(34)35)22-13-25(37-17-22)28-19(3)8-7-9-20(28)4/h7-11,13,16-18,23-24H,12,14-15H2,1-6H3,(H,30,36)(H,34,35)/t23-,24-/m1/s1. The van der Waals surface area contributed by atoms with Crippen LogP contribution in [0.2, 0.25) is 0 Å². The smallest absolute Gasteiger partial charge is 0.305 e. The van der Waals surface area contributed by atoms with E-state index < -0.39 is 18.1 Å². The number of nitrogens with zero attached hydrogens (tertiary/aromatic N) is 2. The number of aromatic nitrogens is 1. The quantitative estimate of drug-likeness (QED) is 0.362. The highest BCUT2D eigenvalue weighted by Gasteiger charge is 2.27. The van der Waals surface area contributed by atoms with Gasteiger partial charge >= 0.3 is 5.97 Å². The van der Waals surface area contributed by atoms with E-state index in [9.17, 15) is 19.5 Å². The number of benzene rings is 1. The van der Waals surface area contributed by atoms with E-state index in [2.05, 4.69) is 31.3 Å². The summed E-state index contributed by atoms with van der Waals surface area (Å²) in [5.74, 6) is -1.21. The van der Waals surface area contributed by atoms with Gasteiger partial charge in [-0.15, -0.1) is 11.3 Å². The Morgan fingerprint density at radius 1 is 1.11 bits per heavy atom. The molecule has 3 aromatic rings. The first-order valence-corrected chi connectivity index (χ1v) is 13.4. The number of hydrogen-bond donors (Lipinski definition) is 2. The minimum absolute atomic E-state index is 0.148. The van der Waals surface area contributed by atoms with E-state index in [1.807, 2.05) is 50.4 Å². The van der Waals surface area contributed by atoms with Gasteiger partial charge in [-0.1, -0.05) is 38.1 Å². The van der Waals surface area contributed by atoms with Crippen LogP contribution in [0.5, 0.6) is 0 Å². The minimum Gasteiger partial charge on any atom is -0.481 e. The molecule has 1 aromatic carbocycles. The zero-order valence-corrected chi connectivity index (χ0v) is 23.3. The third-order valence-corrected chi connectivity index (χ3v) is 7.24. The van der Waals surface area contributed by atoms with Gasteiger partial charge in [0.25, 0.3) is 5.56 Å². The molecule has 3 rings (SSSR count). The van der Waals surface area contributed by atoms with Gasteiger partial charge in [0.15, 0.2) is 0 Å². The average molecular weight is 524 g/mol. The second kappa shape index (κ2) is 12.3. The van der Waals surface area contributed by atoms with Gasteiger partial charge in [-0.2, -0.15) is 0 Å². The van der Waals surface area contributed by atoms with Gasteiger partial charge in [0.2, 0.25) is 5.91 Å². The number of thiophene rings is 1. The lowest BCUT2D eigenvalue weighted by Crippen LogP contribution is -2.40. The van der Waals surface area contributed by atoms with Crippen molar-refractivity contribution in [3.05, 3.63) is 80.6 Å². The highest BCUT2D eigenvalue weighted by molar-refractivity contribution is 7.13. The van der Waals surface area contributed by atoms with Crippen molar-refractivity contribution in [3.8, 4) is 10.4 Å². The van der Waals surface area contributed by atoms with Crippen LogP contribution in [0.1, 0.15) is 61.0 Å². The molecule has 0 aliphatic carbocycles. The van der Waals surface area contributed by atoms with Crippen LogP contribution < -0.4 is 10.9 Å². The zero-order chi connectivity index (χ0) is 27.3. The molecule has 0 spiro atoms. The lowest BCUT2D eigenvalue weighted by molar-refractivity contribution is -0.138. The molecular weight excluding hydrogens is 486 g/mol. The molecule has 198 valence electrons. The molecule has 0 fully saturated rings. The third kappa shape index (κ3) is 7.40. The van der Waals surface area contributed by atoms with Crippen molar-refractivity contribution < 1.29 is 14.7 Å². The number of amides is 1. The SMILES string of the molecule is Cc1cccc(C)c1-c1cc([C@@H](CC(=O)O)NC(=O)[C@@H](CC(C)C)n2cc(CN(C)C)ccc2=O)cs1. The van der Waals surface area contributed by atoms with Crippen molar-refractivity contribution in [3.63, 3.8) is 0 Å². The molecule has 0 radical (unpaired) electrons. The third-order valence-electron chi connectivity index (χ3n) is 6.28. The van der Waals surface area contributed by atoms with Crippen LogP contribution >= 0.6 is 11.3 Å². The maximum Gasteiger partial charge on any atom is 0.305 e. The molecule has 2 aromatic heterocycles. The second-order valence-electron chi connectivity index (χ2n) is 10.3. The molecule has 0 unspecified atom stereocenters. The van der Waals surface area contributed by atoms with Crippen molar-refractivity contribution in [1.82, 2.24) is 14.8 Å². The van der Waals surface area contributed by atoms with E-state index in [4.69, 9.17) is 0 Å². The fraction of sp³-hybridized carbons (Fsp3) is 0.414. The number of nitrogens with one attached hydrogen (secondary N) is 1. The summed E-state index contributed by atoms with van der Waals surface area (Å²) in [5, 5.41) is 14.5. The van der Waals surface area contributed by atoms with E-state index in [0.717, 1.165) is 32.7 Å². The van der Waals surface area contributed by atoms with Gasteiger partial charge in [-0.3, -0.25) is 14.4 Å². The van der Waals surface area contributed by atoms with Crippen LogP contribution in [-0.2, 0) is 16.1 Å². The highest BCUT2D eigenvalue weighted by Crippen LogP contribution is 2.35. The Balaban J connectivity index is 1.95. The van der Waals surface area contributed by atoms with E-state index in [1.165, 1.54) is 22.0 Å². The number of carboxylic acid groups (broad SMARTS) is 1. The number of carbonyl (C=O) groups excluding carboxylic acids is 1. The number of aliphatic carboxylic acids is 1. The zero-order valence-electron chi connectivity index (χ0n) is 22.4. The molecule has 1 amide bonds. The van der Waals surface area contributed by atoms with Gasteiger partial charge in [-0.25, -0.2) is 0 Å². The predicted molar refractivity (Wildman–Crippen MR) is 149 cm³/mol. The summed E-state index contributed by atoms with van der Waals surface area (Å²) < 4.78 is 1.49. The molecule has 2 heterocycles. The first-order chi connectivity index (χ1) is 17.5. The van der Waals surface area contributed by atoms with Crippen molar-refractivity contribution in [2.75, 3.05) is 14.1 Å². The summed E-state index contributed by atoms with van der Waals surface area (Å²) in [4.78, 5) is 41.2. The van der Waals surface area contributed by atoms with Gasteiger partial charge in [0.05, 0.1) is 12.5 Å². The maximum atomic E-state index is 13.6. The number of aryl methyl sites for hydroxylation is 2. The number of pyridine rings is 1. The molecule has 8 heteroatoms. The number of carbonyl (C=O) groups is 2. The van der Waals surface area contributed by atoms with Crippen LogP contribution in [0.4, 0.5) is 0 Å². The second-order valence-corrected chi connectivity index (χ2v) is 11.2. The lowest BCUT2D eigenvalue weighted by Gasteiger charge is -2.25. The average Bonchev–Trinajstić information content (AvgIpc) is 3.27. The van der Waals surface area contributed by atoms with Crippen LogP contribution in [0.25, 0.3) is 10.4 Å². The van der Waals surface area contributed by atoms with Gasteiger partial charge in [0, 0.05) is 23.7 Å². The Labute approximate surface area is 222 Å². The molecule has 0 aliphatic rings. The van der Waals surface area contributed by atoms with E-state index >= 15 is 0 Å². The van der Waals surface area contributed by atoms with E-state index in [0.29, 0.717) is 13.0 Å². The summed E-state index contributed by atoms with van der Waals surface area (Å²) >= 11 is 1.53. The van der Waals surface area contributed by atoms with Crippen LogP contribution in [-0.4, -0.2) is 40.5 Å². The Morgan fingerprint density at radius 2 is 1.78 bits per heavy atom. The Hall–Kier alpha value is -3.23. The van der Waals surface area contributed by atoms with Crippen molar-refractivity contribution in [2.45, 2.75) is 59.2 Å². The summed E-state index contributed by atoms with van der Waals surface area (Å²) in [7, 11) is 3.88. The number of carboxylic acids is 1. The molecular formula is C29H37N3O4S. The molecule has 0 bridgehead atoms. The fourth-order valence-corrected chi connectivity index (χ4v) is 5.75. The summed E-state index contributed by atoms with van der Waals surface area (Å²) in [5.41, 5.74) is 4.81. The topological polar surface area (TPSA) is 91.6 Å². The van der Waals surface area contributed by atoms with Gasteiger partial charge in [-0.05, 0) is 79.5 Å². The monoisotopic (exact) mass is 523 g/mol. The molecule has 7 nitrogen and oxygen atoms in total. The summed E-state index contributed by atoms with van der Waals surface area (Å²) in [6.07, 6.45) is 1.94. The van der Waals surface area contributed by atoms with Gasteiger partial charge < -0.3 is 19.9 Å². The van der Waals surface area contributed by atoms with Crippen molar-refractivity contribution >= 4 is 23.2 Å². The Bertz CT molecular complexity index is 1290. The van der Waals surface area contributed by atoms with Gasteiger partial charge in [0.1, 0.15) is 6.04 Å². The van der Waals surface area contributed by atoms with Crippen LogP contribution in [0, 0.1) is 19.8 Å². The molecule has 0 aliphatic heterocycles. The van der Waals surface area contributed by atoms with Crippen molar-refractivity contribution in [2.24, 2.45) is 5.92 Å². The normalized spacial score (nSPS) is 13.1. The summed E-state index contributed by atoms with van der Waals surface area (Å²) in [6, 6.07) is 9.89.